The summed E-state index contributed by atoms with van der Waals surface area (Å²) in [6.45, 7) is 0. The van der Waals surface area contributed by atoms with E-state index in [0.29, 0.717) is 5.56 Å². The van der Waals surface area contributed by atoms with Gasteiger partial charge in [0.05, 0.1) is 5.56 Å². The van der Waals surface area contributed by atoms with Gasteiger partial charge >= 0.3 is 0 Å². The molecule has 0 spiro atoms. The summed E-state index contributed by atoms with van der Waals surface area (Å²) in [4.78, 5) is 27.3. The SMILES string of the molecule is CNC1=C(Cl)C(=O)c2ccncc2C1=O. The number of Topliss-reactive ketones (excluding diaryl/α,β-unsaturated/α-hetero) is 2. The second kappa shape index (κ2) is 3.47. The molecule has 0 unspecified atom stereocenters. The summed E-state index contributed by atoms with van der Waals surface area (Å²) >= 11 is 5.78. The number of halogens is 1. The smallest absolute Gasteiger partial charge is 0.212 e. The monoisotopic (exact) mass is 222 g/mol. The van der Waals surface area contributed by atoms with Crippen LogP contribution in [0.15, 0.2) is 29.2 Å². The third kappa shape index (κ3) is 1.34. The molecule has 1 aromatic rings. The number of pyridine rings is 1. The molecule has 0 saturated carbocycles. The van der Waals surface area contributed by atoms with Gasteiger partial charge in [0.15, 0.2) is 0 Å². The molecule has 4 nitrogen and oxygen atoms in total. The molecule has 0 bridgehead atoms. The van der Waals surface area contributed by atoms with E-state index < -0.39 is 0 Å². The quantitative estimate of drug-likeness (QED) is 0.774. The van der Waals surface area contributed by atoms with Crippen LogP contribution in [-0.2, 0) is 0 Å². The van der Waals surface area contributed by atoms with Crippen LogP contribution >= 0.6 is 11.6 Å². The Balaban J connectivity index is 2.68. The lowest BCUT2D eigenvalue weighted by atomic mass is 9.94. The first-order valence-electron chi connectivity index (χ1n) is 4.27. The van der Waals surface area contributed by atoms with Gasteiger partial charge in [-0.25, -0.2) is 0 Å². The van der Waals surface area contributed by atoms with Crippen LogP contribution in [0.25, 0.3) is 0 Å². The van der Waals surface area contributed by atoms with E-state index in [4.69, 9.17) is 11.6 Å². The summed E-state index contributed by atoms with van der Waals surface area (Å²) in [6, 6.07) is 1.49. The lowest BCUT2D eigenvalue weighted by molar-refractivity contribution is 0.0975. The normalized spacial score (nSPS) is 15.3. The largest absolute Gasteiger partial charge is 0.384 e. The van der Waals surface area contributed by atoms with E-state index in [-0.39, 0.29) is 27.9 Å². The molecule has 2 rings (SSSR count). The fourth-order valence-corrected chi connectivity index (χ4v) is 1.74. The number of nitrogens with one attached hydrogen (secondary N) is 1. The summed E-state index contributed by atoms with van der Waals surface area (Å²) in [7, 11) is 1.55. The molecule has 1 N–H and O–H groups in total. The molecule has 0 saturated heterocycles. The second-order valence-electron chi connectivity index (χ2n) is 3.02. The zero-order valence-electron chi connectivity index (χ0n) is 7.87. The molecule has 1 heterocycles. The van der Waals surface area contributed by atoms with E-state index >= 15 is 0 Å². The van der Waals surface area contributed by atoms with Gasteiger partial charge in [-0.3, -0.25) is 14.6 Å². The van der Waals surface area contributed by atoms with Crippen LogP contribution in [0.2, 0.25) is 0 Å². The minimum Gasteiger partial charge on any atom is -0.384 e. The first kappa shape index (κ1) is 9.86. The Bertz CT molecular complexity index is 494. The third-order valence-corrected chi connectivity index (χ3v) is 2.57. The van der Waals surface area contributed by atoms with Gasteiger partial charge < -0.3 is 5.32 Å². The Hall–Kier alpha value is -1.68. The fourth-order valence-electron chi connectivity index (χ4n) is 1.46. The van der Waals surface area contributed by atoms with E-state index in [0.717, 1.165) is 0 Å². The summed E-state index contributed by atoms with van der Waals surface area (Å²) in [5, 5.41) is 2.56. The van der Waals surface area contributed by atoms with Crippen LogP contribution in [0, 0.1) is 0 Å². The molecule has 1 aliphatic rings. The summed E-state index contributed by atoms with van der Waals surface area (Å²) < 4.78 is 0. The molecule has 0 radical (unpaired) electrons. The van der Waals surface area contributed by atoms with Crippen molar-refractivity contribution in [3.05, 3.63) is 40.3 Å². The number of hydrogen-bond donors (Lipinski definition) is 1. The van der Waals surface area contributed by atoms with Crippen molar-refractivity contribution < 1.29 is 9.59 Å². The zero-order chi connectivity index (χ0) is 11.0. The van der Waals surface area contributed by atoms with Crippen LogP contribution in [0.1, 0.15) is 20.7 Å². The molecular weight excluding hydrogens is 216 g/mol. The first-order valence-corrected chi connectivity index (χ1v) is 4.65. The molecule has 76 valence electrons. The highest BCUT2D eigenvalue weighted by atomic mass is 35.5. The summed E-state index contributed by atoms with van der Waals surface area (Å²) in [5.74, 6) is -0.650. The maximum atomic E-state index is 11.8. The highest BCUT2D eigenvalue weighted by Crippen LogP contribution is 2.26. The zero-order valence-corrected chi connectivity index (χ0v) is 8.63. The van der Waals surface area contributed by atoms with Crippen molar-refractivity contribution in [1.29, 1.82) is 0 Å². The number of carbonyl (C=O) groups is 2. The van der Waals surface area contributed by atoms with Crippen molar-refractivity contribution in [2.24, 2.45) is 0 Å². The van der Waals surface area contributed by atoms with Gasteiger partial charge in [-0.05, 0) is 6.07 Å². The van der Waals surface area contributed by atoms with Crippen molar-refractivity contribution in [1.82, 2.24) is 10.3 Å². The number of nitrogens with zero attached hydrogens (tertiary/aromatic N) is 1. The average molecular weight is 223 g/mol. The summed E-state index contributed by atoms with van der Waals surface area (Å²) in [5.41, 5.74) is 0.720. The topological polar surface area (TPSA) is 59.1 Å². The van der Waals surface area contributed by atoms with E-state index in [2.05, 4.69) is 10.3 Å². The Morgan fingerprint density at radius 3 is 2.67 bits per heavy atom. The van der Waals surface area contributed by atoms with Gasteiger partial charge in [-0.15, -0.1) is 0 Å². The minimum absolute atomic E-state index is 0.0683. The molecule has 0 aromatic carbocycles. The minimum atomic E-state index is -0.349. The highest BCUT2D eigenvalue weighted by molar-refractivity contribution is 6.49. The molecule has 15 heavy (non-hydrogen) atoms. The van der Waals surface area contributed by atoms with Gasteiger partial charge in [0.25, 0.3) is 0 Å². The van der Waals surface area contributed by atoms with Crippen molar-refractivity contribution >= 4 is 23.2 Å². The Morgan fingerprint density at radius 1 is 1.27 bits per heavy atom. The van der Waals surface area contributed by atoms with Crippen LogP contribution in [-0.4, -0.2) is 23.6 Å². The highest BCUT2D eigenvalue weighted by Gasteiger charge is 2.30. The van der Waals surface area contributed by atoms with Crippen LogP contribution in [0.3, 0.4) is 0 Å². The Morgan fingerprint density at radius 2 is 2.00 bits per heavy atom. The van der Waals surface area contributed by atoms with Gasteiger partial charge in [-0.2, -0.15) is 0 Å². The fraction of sp³-hybridized carbons (Fsp3) is 0.100. The number of carbonyl (C=O) groups excluding carboxylic acids is 2. The molecule has 0 fully saturated rings. The lowest BCUT2D eigenvalue weighted by Gasteiger charge is -2.16. The van der Waals surface area contributed by atoms with Crippen LogP contribution < -0.4 is 5.32 Å². The predicted octanol–water partition coefficient (Wildman–Crippen LogP) is 1.13. The molecule has 0 atom stereocenters. The van der Waals surface area contributed by atoms with Crippen molar-refractivity contribution in [3.63, 3.8) is 0 Å². The first-order chi connectivity index (χ1) is 7.16. The number of hydrogen-bond acceptors (Lipinski definition) is 4. The van der Waals surface area contributed by atoms with Crippen molar-refractivity contribution in [3.8, 4) is 0 Å². The van der Waals surface area contributed by atoms with Crippen molar-refractivity contribution in [2.45, 2.75) is 0 Å². The number of likely N-dealkylation sites (N-methyl/N-ethyl adjacent to an activating group) is 1. The number of rotatable bonds is 1. The van der Waals surface area contributed by atoms with E-state index in [1.54, 1.807) is 7.05 Å². The lowest BCUT2D eigenvalue weighted by Crippen LogP contribution is -2.27. The van der Waals surface area contributed by atoms with Crippen LogP contribution in [0.4, 0.5) is 0 Å². The number of allylic oxidation sites excluding steroid dienone is 2. The molecule has 1 aromatic heterocycles. The molecule has 0 amide bonds. The van der Waals surface area contributed by atoms with E-state index in [1.807, 2.05) is 0 Å². The summed E-state index contributed by atoms with van der Waals surface area (Å²) in [6.07, 6.45) is 2.83. The van der Waals surface area contributed by atoms with Crippen LogP contribution in [0.5, 0.6) is 0 Å². The van der Waals surface area contributed by atoms with Gasteiger partial charge in [0.2, 0.25) is 11.6 Å². The molecule has 0 aliphatic heterocycles. The molecule has 1 aliphatic carbocycles. The number of fused-ring (bicyclic) bond motifs is 1. The van der Waals surface area contributed by atoms with Gasteiger partial charge in [0.1, 0.15) is 10.7 Å². The van der Waals surface area contributed by atoms with Gasteiger partial charge in [0, 0.05) is 25.0 Å². The standard InChI is InChI=1S/C10H7ClN2O2/c1-12-8-7(11)9(14)5-2-3-13-4-6(5)10(8)15/h2-4,12H,1H3. The Labute approximate surface area is 91.0 Å². The average Bonchev–Trinajstić information content (AvgIpc) is 2.27. The number of ketones is 2. The number of aromatic nitrogens is 1. The third-order valence-electron chi connectivity index (χ3n) is 2.21. The maximum absolute atomic E-state index is 11.8. The Kier molecular flexibility index (Phi) is 2.28. The van der Waals surface area contributed by atoms with Gasteiger partial charge in [-0.1, -0.05) is 11.6 Å². The maximum Gasteiger partial charge on any atom is 0.212 e. The second-order valence-corrected chi connectivity index (χ2v) is 3.40. The molecular formula is C10H7ClN2O2. The van der Waals surface area contributed by atoms with E-state index in [9.17, 15) is 9.59 Å². The van der Waals surface area contributed by atoms with E-state index in [1.165, 1.54) is 18.5 Å². The molecule has 5 heteroatoms. The van der Waals surface area contributed by atoms with Crippen molar-refractivity contribution in [2.75, 3.05) is 7.05 Å². The predicted molar refractivity (Wildman–Crippen MR) is 54.8 cm³/mol.